The quantitative estimate of drug-likeness (QED) is 0.769. The highest BCUT2D eigenvalue weighted by Gasteiger charge is 2.07. The second kappa shape index (κ2) is 6.52. The van der Waals surface area contributed by atoms with Crippen LogP contribution in [0.15, 0.2) is 5.16 Å². The summed E-state index contributed by atoms with van der Waals surface area (Å²) in [4.78, 5) is 12.1. The van der Waals surface area contributed by atoms with Crippen molar-refractivity contribution in [2.75, 3.05) is 18.1 Å². The van der Waals surface area contributed by atoms with Gasteiger partial charge in [-0.25, -0.2) is 0 Å². The normalized spacial score (nSPS) is 12.4. The summed E-state index contributed by atoms with van der Waals surface area (Å²) in [5, 5.41) is 0.635. The molecule has 0 aromatic carbocycles. The van der Waals surface area contributed by atoms with Crippen LogP contribution in [-0.4, -0.2) is 27.3 Å². The average molecular weight is 242 g/mol. The van der Waals surface area contributed by atoms with Gasteiger partial charge in [0.2, 0.25) is 5.95 Å². The van der Waals surface area contributed by atoms with Crippen LogP contribution in [0.25, 0.3) is 0 Å². The SMILES string of the molecule is CCOc1nc(N)nc(SCC(C)CC)n1. The summed E-state index contributed by atoms with van der Waals surface area (Å²) in [5.74, 6) is 1.83. The largest absolute Gasteiger partial charge is 0.464 e. The molecule has 1 aromatic rings. The molecule has 0 radical (unpaired) electrons. The molecule has 0 bridgehead atoms. The number of nitrogens with zero attached hydrogens (tertiary/aromatic N) is 3. The molecule has 0 aliphatic heterocycles. The molecule has 0 spiro atoms. The number of anilines is 1. The first kappa shape index (κ1) is 13.0. The molecular formula is C10H18N4OS. The molecule has 16 heavy (non-hydrogen) atoms. The first-order chi connectivity index (χ1) is 7.65. The number of nitrogens with two attached hydrogens (primary N) is 1. The summed E-state index contributed by atoms with van der Waals surface area (Å²) in [6.07, 6.45) is 1.14. The van der Waals surface area contributed by atoms with E-state index in [0.29, 0.717) is 23.7 Å². The van der Waals surface area contributed by atoms with Crippen molar-refractivity contribution >= 4 is 17.7 Å². The van der Waals surface area contributed by atoms with Crippen LogP contribution in [0.5, 0.6) is 6.01 Å². The van der Waals surface area contributed by atoms with Crippen LogP contribution in [-0.2, 0) is 0 Å². The molecule has 90 valence electrons. The van der Waals surface area contributed by atoms with E-state index in [1.165, 1.54) is 0 Å². The van der Waals surface area contributed by atoms with Gasteiger partial charge in [0, 0.05) is 5.75 Å². The van der Waals surface area contributed by atoms with E-state index < -0.39 is 0 Å². The number of hydrogen-bond donors (Lipinski definition) is 1. The molecule has 0 amide bonds. The summed E-state index contributed by atoms with van der Waals surface area (Å²) in [6.45, 7) is 6.77. The Balaban J connectivity index is 2.64. The van der Waals surface area contributed by atoms with Crippen LogP contribution in [0, 0.1) is 5.92 Å². The second-order valence-corrected chi connectivity index (χ2v) is 4.50. The van der Waals surface area contributed by atoms with Crippen molar-refractivity contribution in [3.05, 3.63) is 0 Å². The van der Waals surface area contributed by atoms with Crippen molar-refractivity contribution in [3.8, 4) is 6.01 Å². The Kier molecular flexibility index (Phi) is 5.31. The Morgan fingerprint density at radius 3 is 2.69 bits per heavy atom. The molecule has 0 saturated heterocycles. The fourth-order valence-corrected chi connectivity index (χ4v) is 1.92. The molecular weight excluding hydrogens is 224 g/mol. The highest BCUT2D eigenvalue weighted by Crippen LogP contribution is 2.20. The average Bonchev–Trinajstić information content (AvgIpc) is 2.25. The number of ether oxygens (including phenoxy) is 1. The summed E-state index contributed by atoms with van der Waals surface area (Å²) < 4.78 is 5.20. The fourth-order valence-electron chi connectivity index (χ4n) is 0.946. The Morgan fingerprint density at radius 2 is 2.06 bits per heavy atom. The minimum Gasteiger partial charge on any atom is -0.464 e. The van der Waals surface area contributed by atoms with Crippen molar-refractivity contribution in [3.63, 3.8) is 0 Å². The van der Waals surface area contributed by atoms with Crippen LogP contribution in [0.2, 0.25) is 0 Å². The van der Waals surface area contributed by atoms with E-state index in [9.17, 15) is 0 Å². The molecule has 0 saturated carbocycles. The molecule has 0 aliphatic carbocycles. The second-order valence-electron chi connectivity index (χ2n) is 3.52. The highest BCUT2D eigenvalue weighted by molar-refractivity contribution is 7.99. The topological polar surface area (TPSA) is 73.9 Å². The zero-order valence-electron chi connectivity index (χ0n) is 9.93. The molecule has 1 aromatic heterocycles. The monoisotopic (exact) mass is 242 g/mol. The summed E-state index contributed by atoms with van der Waals surface area (Å²) >= 11 is 1.59. The minimum absolute atomic E-state index is 0.213. The van der Waals surface area contributed by atoms with E-state index >= 15 is 0 Å². The Labute approximate surface area is 100 Å². The van der Waals surface area contributed by atoms with Gasteiger partial charge in [0.15, 0.2) is 5.16 Å². The zero-order valence-corrected chi connectivity index (χ0v) is 10.8. The van der Waals surface area contributed by atoms with E-state index in [4.69, 9.17) is 10.5 Å². The number of thioether (sulfide) groups is 1. The van der Waals surface area contributed by atoms with Crippen LogP contribution < -0.4 is 10.5 Å². The van der Waals surface area contributed by atoms with Crippen molar-refractivity contribution in [2.24, 2.45) is 5.92 Å². The van der Waals surface area contributed by atoms with Crippen molar-refractivity contribution < 1.29 is 4.74 Å². The summed E-state index contributed by atoms with van der Waals surface area (Å²) in [6, 6.07) is 0.307. The van der Waals surface area contributed by atoms with Gasteiger partial charge in [0.1, 0.15) is 0 Å². The lowest BCUT2D eigenvalue weighted by molar-refractivity contribution is 0.308. The Bertz CT molecular complexity index is 335. The van der Waals surface area contributed by atoms with Gasteiger partial charge in [-0.05, 0) is 12.8 Å². The molecule has 1 rings (SSSR count). The van der Waals surface area contributed by atoms with E-state index in [0.717, 1.165) is 12.2 Å². The third-order valence-electron chi connectivity index (χ3n) is 2.08. The maximum Gasteiger partial charge on any atom is 0.322 e. The van der Waals surface area contributed by atoms with E-state index in [1.807, 2.05) is 6.92 Å². The Hall–Kier alpha value is -1.04. The van der Waals surface area contributed by atoms with Crippen LogP contribution >= 0.6 is 11.8 Å². The molecule has 2 N–H and O–H groups in total. The third kappa shape index (κ3) is 4.22. The number of aromatic nitrogens is 3. The summed E-state index contributed by atoms with van der Waals surface area (Å²) in [7, 11) is 0. The lowest BCUT2D eigenvalue weighted by Gasteiger charge is -2.07. The van der Waals surface area contributed by atoms with Gasteiger partial charge in [-0.2, -0.15) is 15.0 Å². The van der Waals surface area contributed by atoms with E-state index in [-0.39, 0.29) is 5.95 Å². The lowest BCUT2D eigenvalue weighted by atomic mass is 10.2. The maximum atomic E-state index is 5.57. The van der Waals surface area contributed by atoms with E-state index in [2.05, 4.69) is 28.8 Å². The molecule has 1 unspecified atom stereocenters. The third-order valence-corrected chi connectivity index (χ3v) is 3.26. The molecule has 0 fully saturated rings. The van der Waals surface area contributed by atoms with Crippen LogP contribution in [0.1, 0.15) is 27.2 Å². The highest BCUT2D eigenvalue weighted by atomic mass is 32.2. The lowest BCUT2D eigenvalue weighted by Crippen LogP contribution is -2.05. The Morgan fingerprint density at radius 1 is 1.31 bits per heavy atom. The van der Waals surface area contributed by atoms with Gasteiger partial charge in [-0.1, -0.05) is 32.0 Å². The standard InChI is InChI=1S/C10H18N4OS/c1-4-7(3)6-16-10-13-8(11)12-9(14-10)15-5-2/h7H,4-6H2,1-3H3,(H2,11,12,13,14). The first-order valence-corrected chi connectivity index (χ1v) is 6.41. The predicted octanol–water partition coefficient (Wildman–Crippen LogP) is 1.99. The minimum atomic E-state index is 0.213. The van der Waals surface area contributed by atoms with Crippen LogP contribution in [0.3, 0.4) is 0 Å². The fraction of sp³-hybridized carbons (Fsp3) is 0.700. The summed E-state index contributed by atoms with van der Waals surface area (Å²) in [5.41, 5.74) is 5.57. The molecule has 1 atom stereocenters. The van der Waals surface area contributed by atoms with Crippen molar-refractivity contribution in [1.82, 2.24) is 15.0 Å². The number of rotatable bonds is 6. The smallest absolute Gasteiger partial charge is 0.322 e. The van der Waals surface area contributed by atoms with Crippen molar-refractivity contribution in [2.45, 2.75) is 32.3 Å². The number of hydrogen-bond acceptors (Lipinski definition) is 6. The van der Waals surface area contributed by atoms with Gasteiger partial charge in [0.25, 0.3) is 0 Å². The van der Waals surface area contributed by atoms with Gasteiger partial charge in [-0.15, -0.1) is 0 Å². The number of nitrogen functional groups attached to an aromatic ring is 1. The zero-order chi connectivity index (χ0) is 12.0. The molecule has 1 heterocycles. The van der Waals surface area contributed by atoms with Crippen molar-refractivity contribution in [1.29, 1.82) is 0 Å². The maximum absolute atomic E-state index is 5.57. The van der Waals surface area contributed by atoms with Gasteiger partial charge in [-0.3, -0.25) is 0 Å². The predicted molar refractivity (Wildman–Crippen MR) is 65.6 cm³/mol. The van der Waals surface area contributed by atoms with Gasteiger partial charge in [0.05, 0.1) is 6.61 Å². The van der Waals surface area contributed by atoms with Crippen LogP contribution in [0.4, 0.5) is 5.95 Å². The van der Waals surface area contributed by atoms with E-state index in [1.54, 1.807) is 11.8 Å². The molecule has 5 nitrogen and oxygen atoms in total. The van der Waals surface area contributed by atoms with Gasteiger partial charge < -0.3 is 10.5 Å². The molecule has 6 heteroatoms. The first-order valence-electron chi connectivity index (χ1n) is 5.42. The van der Waals surface area contributed by atoms with Gasteiger partial charge >= 0.3 is 6.01 Å². The molecule has 0 aliphatic rings.